The molecule has 122 valence electrons. The number of fused-ring (bicyclic) bond motifs is 1. The van der Waals surface area contributed by atoms with Gasteiger partial charge in [0.2, 0.25) is 0 Å². The van der Waals surface area contributed by atoms with Crippen molar-refractivity contribution in [3.8, 4) is 0 Å². The summed E-state index contributed by atoms with van der Waals surface area (Å²) in [6, 6.07) is 11.9. The Morgan fingerprint density at radius 2 is 1.83 bits per heavy atom. The van der Waals surface area contributed by atoms with Gasteiger partial charge in [-0.2, -0.15) is 0 Å². The van der Waals surface area contributed by atoms with Crippen molar-refractivity contribution in [3.05, 3.63) is 42.0 Å². The highest BCUT2D eigenvalue weighted by molar-refractivity contribution is 8.13. The summed E-state index contributed by atoms with van der Waals surface area (Å²) in [5.41, 5.74) is 0.878. The van der Waals surface area contributed by atoms with Gasteiger partial charge in [0.05, 0.1) is 21.1 Å². The van der Waals surface area contributed by atoms with E-state index in [4.69, 9.17) is 17.0 Å². The maximum Gasteiger partial charge on any atom is 0.192 e. The molecule has 0 amide bonds. The number of nitrogens with zero attached hydrogens (tertiary/aromatic N) is 1. The number of quaternary nitrogens is 1. The molecular weight excluding hydrogens is 326 g/mol. The number of hydrogen-bond donors (Lipinski definition) is 0. The predicted octanol–water partition coefficient (Wildman–Crippen LogP) is 3.88. The van der Waals surface area contributed by atoms with Gasteiger partial charge in [-0.3, -0.25) is 4.79 Å². The first kappa shape index (κ1) is 17.9. The van der Waals surface area contributed by atoms with Crippen molar-refractivity contribution in [3.63, 3.8) is 0 Å². The van der Waals surface area contributed by atoms with E-state index < -0.39 is 0 Å². The molecule has 23 heavy (non-hydrogen) atoms. The average Bonchev–Trinajstić information content (AvgIpc) is 2.45. The molecule has 2 aromatic carbocycles. The van der Waals surface area contributed by atoms with Gasteiger partial charge in [-0.25, -0.2) is 0 Å². The second-order valence-electron chi connectivity index (χ2n) is 6.40. The number of thioether (sulfide) groups is 1. The lowest BCUT2D eigenvalue weighted by Crippen LogP contribution is -2.37. The molecule has 0 aliphatic carbocycles. The van der Waals surface area contributed by atoms with Gasteiger partial charge in [-0.15, -0.1) is 0 Å². The van der Waals surface area contributed by atoms with Gasteiger partial charge in [0.25, 0.3) is 0 Å². The lowest BCUT2D eigenvalue weighted by atomic mass is 10.1. The Morgan fingerprint density at radius 3 is 2.43 bits per heavy atom. The molecule has 0 unspecified atom stereocenters. The quantitative estimate of drug-likeness (QED) is 0.465. The van der Waals surface area contributed by atoms with Gasteiger partial charge >= 0.3 is 0 Å². The average molecular weight is 349 g/mol. The Kier molecular flexibility index (Phi) is 5.79. The van der Waals surface area contributed by atoms with E-state index in [1.807, 2.05) is 36.4 Å². The van der Waals surface area contributed by atoms with Gasteiger partial charge in [-0.05, 0) is 29.7 Å². The minimum atomic E-state index is 0.0594. The summed E-state index contributed by atoms with van der Waals surface area (Å²) in [5.74, 6) is 0. The first-order valence-corrected chi connectivity index (χ1v) is 8.68. The normalized spacial score (nSPS) is 11.5. The summed E-state index contributed by atoms with van der Waals surface area (Å²) in [5, 5.41) is 2.60. The predicted molar refractivity (Wildman–Crippen MR) is 101 cm³/mol. The Bertz CT molecular complexity index is 730. The Hall–Kier alpha value is -1.43. The topological polar surface area (TPSA) is 26.3 Å². The molecule has 0 spiro atoms. The summed E-state index contributed by atoms with van der Waals surface area (Å²) in [6.45, 7) is 3.02. The van der Waals surface area contributed by atoms with Gasteiger partial charge in [0.1, 0.15) is 13.2 Å². The van der Waals surface area contributed by atoms with Crippen molar-refractivity contribution in [2.24, 2.45) is 0 Å². The second kappa shape index (κ2) is 7.43. The lowest BCUT2D eigenvalue weighted by Gasteiger charge is -2.23. The monoisotopic (exact) mass is 348 g/mol. The Labute approximate surface area is 147 Å². The SMILES string of the molecule is CC(=O)Sc1cccc2cccc(C(=S)OCC[N+](C)(C)C)c12. The third-order valence-corrected chi connectivity index (χ3v) is 4.52. The molecule has 0 radical (unpaired) electrons. The van der Waals surface area contributed by atoms with Gasteiger partial charge in [-0.1, -0.05) is 36.0 Å². The molecular formula is C18H22NO2S2+. The van der Waals surface area contributed by atoms with Crippen LogP contribution in [0.2, 0.25) is 0 Å². The zero-order valence-electron chi connectivity index (χ0n) is 14.0. The van der Waals surface area contributed by atoms with Crippen LogP contribution >= 0.6 is 24.0 Å². The van der Waals surface area contributed by atoms with Crippen molar-refractivity contribution in [1.82, 2.24) is 0 Å². The zero-order chi connectivity index (χ0) is 17.0. The number of hydrogen-bond acceptors (Lipinski definition) is 4. The van der Waals surface area contributed by atoms with E-state index in [1.54, 1.807) is 6.92 Å². The minimum Gasteiger partial charge on any atom is -0.477 e. The van der Waals surface area contributed by atoms with Crippen LogP contribution in [0.4, 0.5) is 0 Å². The molecule has 0 N–H and O–H groups in total. The molecule has 0 heterocycles. The van der Waals surface area contributed by atoms with Crippen LogP contribution in [0.5, 0.6) is 0 Å². The van der Waals surface area contributed by atoms with Crippen LogP contribution in [0, 0.1) is 0 Å². The van der Waals surface area contributed by atoms with Crippen molar-refractivity contribution >= 4 is 44.9 Å². The lowest BCUT2D eigenvalue weighted by molar-refractivity contribution is -0.870. The van der Waals surface area contributed by atoms with Gasteiger partial charge in [0, 0.05) is 22.8 Å². The fraction of sp³-hybridized carbons (Fsp3) is 0.333. The van der Waals surface area contributed by atoms with Crippen LogP contribution in [0.3, 0.4) is 0 Å². The van der Waals surface area contributed by atoms with Crippen molar-refractivity contribution in [2.45, 2.75) is 11.8 Å². The van der Waals surface area contributed by atoms with E-state index in [2.05, 4.69) is 21.1 Å². The van der Waals surface area contributed by atoms with E-state index in [1.165, 1.54) is 11.8 Å². The van der Waals surface area contributed by atoms with Gasteiger partial charge < -0.3 is 9.22 Å². The molecule has 2 aromatic rings. The largest absolute Gasteiger partial charge is 0.477 e. The summed E-state index contributed by atoms with van der Waals surface area (Å²) in [4.78, 5) is 12.4. The summed E-state index contributed by atoms with van der Waals surface area (Å²) < 4.78 is 6.62. The number of carbonyl (C=O) groups is 1. The Morgan fingerprint density at radius 1 is 1.17 bits per heavy atom. The molecule has 3 nitrogen and oxygen atoms in total. The summed E-state index contributed by atoms with van der Waals surface area (Å²) >= 11 is 6.72. The van der Waals surface area contributed by atoms with Crippen molar-refractivity contribution in [2.75, 3.05) is 34.3 Å². The molecule has 0 aromatic heterocycles. The second-order valence-corrected chi connectivity index (χ2v) is 7.99. The van der Waals surface area contributed by atoms with Crippen LogP contribution in [0.15, 0.2) is 41.3 Å². The molecule has 0 aliphatic rings. The smallest absolute Gasteiger partial charge is 0.192 e. The molecule has 5 heteroatoms. The van der Waals surface area contributed by atoms with E-state index in [0.29, 0.717) is 11.7 Å². The number of carbonyl (C=O) groups excluding carboxylic acids is 1. The fourth-order valence-corrected chi connectivity index (χ4v) is 3.25. The van der Waals surface area contributed by atoms with E-state index in [9.17, 15) is 4.79 Å². The van der Waals surface area contributed by atoms with Crippen molar-refractivity contribution in [1.29, 1.82) is 0 Å². The molecule has 0 atom stereocenters. The van der Waals surface area contributed by atoms with Crippen LogP contribution in [0.1, 0.15) is 12.5 Å². The number of ether oxygens (including phenoxy) is 1. The highest BCUT2D eigenvalue weighted by Crippen LogP contribution is 2.31. The third-order valence-electron chi connectivity index (χ3n) is 3.34. The molecule has 0 saturated heterocycles. The van der Waals surface area contributed by atoms with Crippen molar-refractivity contribution < 1.29 is 14.0 Å². The Balaban J connectivity index is 2.32. The number of likely N-dealkylation sites (N-methyl/N-ethyl adjacent to an activating group) is 1. The van der Waals surface area contributed by atoms with Crippen LogP contribution in [-0.4, -0.2) is 48.9 Å². The number of thiocarbonyl (C=S) groups is 1. The molecule has 2 rings (SSSR count). The van der Waals surface area contributed by atoms with E-state index in [-0.39, 0.29) is 5.12 Å². The highest BCUT2D eigenvalue weighted by atomic mass is 32.2. The highest BCUT2D eigenvalue weighted by Gasteiger charge is 2.14. The number of rotatable bonds is 5. The zero-order valence-corrected chi connectivity index (χ0v) is 15.6. The molecule has 0 fully saturated rings. The number of benzene rings is 2. The van der Waals surface area contributed by atoms with Gasteiger partial charge in [0.15, 0.2) is 10.2 Å². The van der Waals surface area contributed by atoms with Crippen LogP contribution in [0.25, 0.3) is 10.8 Å². The third kappa shape index (κ3) is 5.03. The molecule has 0 bridgehead atoms. The van der Waals surface area contributed by atoms with E-state index >= 15 is 0 Å². The molecule has 0 aliphatic heterocycles. The van der Waals surface area contributed by atoms with Crippen LogP contribution in [-0.2, 0) is 9.53 Å². The minimum absolute atomic E-state index is 0.0594. The first-order valence-electron chi connectivity index (χ1n) is 7.46. The maximum absolute atomic E-state index is 11.5. The summed E-state index contributed by atoms with van der Waals surface area (Å²) in [7, 11) is 6.35. The first-order chi connectivity index (χ1) is 10.8. The standard InChI is InChI=1S/C18H22NO2S2/c1-13(20)23-16-10-6-8-14-7-5-9-15(17(14)16)18(22)21-12-11-19(2,3)4/h5-10H,11-12H2,1-4H3/q+1. The van der Waals surface area contributed by atoms with Crippen LogP contribution < -0.4 is 0 Å². The maximum atomic E-state index is 11.5. The fourth-order valence-electron chi connectivity index (χ4n) is 2.21. The van der Waals surface area contributed by atoms with E-state index in [0.717, 1.165) is 32.3 Å². The molecule has 0 saturated carbocycles. The summed E-state index contributed by atoms with van der Waals surface area (Å²) in [6.07, 6.45) is 0.